The van der Waals surface area contributed by atoms with Crippen LogP contribution in [0.3, 0.4) is 0 Å². The van der Waals surface area contributed by atoms with Crippen LogP contribution in [-0.4, -0.2) is 5.97 Å². The Morgan fingerprint density at radius 1 is 1.73 bits per heavy atom. The average Bonchev–Trinajstić information content (AvgIpc) is 2.09. The molecule has 0 spiro atoms. The van der Waals surface area contributed by atoms with Gasteiger partial charge in [-0.05, 0) is 13.0 Å². The monoisotopic (exact) mass is 171 g/mol. The third-order valence-corrected chi connectivity index (χ3v) is 1.96. The van der Waals surface area contributed by atoms with Gasteiger partial charge in [-0.1, -0.05) is 0 Å². The zero-order valence-electron chi connectivity index (χ0n) is 6.38. The van der Waals surface area contributed by atoms with E-state index in [1.54, 1.807) is 6.07 Å². The molecule has 0 saturated heterocycles. The summed E-state index contributed by atoms with van der Waals surface area (Å²) >= 11 is 1.41. The highest BCUT2D eigenvalue weighted by Gasteiger charge is 2.05. The fourth-order valence-electron chi connectivity index (χ4n) is 0.744. The first kappa shape index (κ1) is 8.07. The second-order valence-electron chi connectivity index (χ2n) is 2.18. The molecule has 0 aromatic carbocycles. The van der Waals surface area contributed by atoms with Crippen molar-refractivity contribution in [1.82, 2.24) is 0 Å². The third-order valence-electron chi connectivity index (χ3n) is 1.10. The van der Waals surface area contributed by atoms with Crippen molar-refractivity contribution in [3.63, 3.8) is 0 Å². The predicted molar refractivity (Wildman–Crippen MR) is 44.8 cm³/mol. The summed E-state index contributed by atoms with van der Waals surface area (Å²) in [6.07, 6.45) is 0. The quantitative estimate of drug-likeness (QED) is 0.652. The molecule has 0 aliphatic heterocycles. The molecular weight excluding hydrogens is 162 g/mol. The molecule has 0 aliphatic carbocycles. The second-order valence-corrected chi connectivity index (χ2v) is 3.47. The van der Waals surface area contributed by atoms with Crippen LogP contribution in [0.1, 0.15) is 11.8 Å². The Morgan fingerprint density at radius 3 is 2.73 bits per heavy atom. The number of aryl methyl sites for hydroxylation is 1. The first-order valence-corrected chi connectivity index (χ1v) is 3.95. The van der Waals surface area contributed by atoms with Crippen LogP contribution in [0.5, 0.6) is 5.75 Å². The molecule has 0 atom stereocenters. The van der Waals surface area contributed by atoms with Crippen molar-refractivity contribution in [2.75, 3.05) is 5.73 Å². The summed E-state index contributed by atoms with van der Waals surface area (Å²) in [5.41, 5.74) is 5.53. The number of hydrogen-bond donors (Lipinski definition) is 1. The SMILES string of the molecule is CC(=O)Oc1cc(C)sc1N. The lowest BCUT2D eigenvalue weighted by molar-refractivity contribution is -0.131. The lowest BCUT2D eigenvalue weighted by Crippen LogP contribution is -2.01. The highest BCUT2D eigenvalue weighted by atomic mass is 32.1. The molecule has 0 bridgehead atoms. The molecule has 0 radical (unpaired) electrons. The van der Waals surface area contributed by atoms with Crippen LogP contribution >= 0.6 is 11.3 Å². The molecule has 4 heteroatoms. The van der Waals surface area contributed by atoms with E-state index in [4.69, 9.17) is 10.5 Å². The minimum absolute atomic E-state index is 0.338. The second kappa shape index (κ2) is 2.92. The number of anilines is 1. The van der Waals surface area contributed by atoms with Gasteiger partial charge in [0, 0.05) is 11.8 Å². The van der Waals surface area contributed by atoms with Gasteiger partial charge >= 0.3 is 5.97 Å². The summed E-state index contributed by atoms with van der Waals surface area (Å²) in [4.78, 5) is 11.5. The van der Waals surface area contributed by atoms with Crippen LogP contribution < -0.4 is 10.5 Å². The summed E-state index contributed by atoms with van der Waals surface area (Å²) in [5.74, 6) is 0.134. The zero-order chi connectivity index (χ0) is 8.43. The van der Waals surface area contributed by atoms with Crippen LogP contribution in [0.2, 0.25) is 0 Å². The highest BCUT2D eigenvalue weighted by Crippen LogP contribution is 2.31. The van der Waals surface area contributed by atoms with E-state index in [2.05, 4.69) is 0 Å². The summed E-state index contributed by atoms with van der Waals surface area (Å²) in [6.45, 7) is 3.26. The fourth-order valence-corrected chi connectivity index (χ4v) is 1.46. The van der Waals surface area contributed by atoms with Gasteiger partial charge in [-0.3, -0.25) is 4.79 Å². The predicted octanol–water partition coefficient (Wildman–Crippen LogP) is 1.56. The van der Waals surface area contributed by atoms with E-state index in [-0.39, 0.29) is 5.97 Å². The lowest BCUT2D eigenvalue weighted by atomic mass is 10.5. The number of rotatable bonds is 1. The van der Waals surface area contributed by atoms with Gasteiger partial charge in [0.1, 0.15) is 5.00 Å². The van der Waals surface area contributed by atoms with E-state index >= 15 is 0 Å². The maximum Gasteiger partial charge on any atom is 0.308 e. The van der Waals surface area contributed by atoms with E-state index in [1.165, 1.54) is 18.3 Å². The van der Waals surface area contributed by atoms with Crippen molar-refractivity contribution < 1.29 is 9.53 Å². The Bertz CT molecular complexity index is 280. The van der Waals surface area contributed by atoms with Gasteiger partial charge in [-0.25, -0.2) is 0 Å². The van der Waals surface area contributed by atoms with Gasteiger partial charge in [0.05, 0.1) is 0 Å². The molecule has 0 aliphatic rings. The molecule has 2 N–H and O–H groups in total. The van der Waals surface area contributed by atoms with Gasteiger partial charge in [-0.2, -0.15) is 0 Å². The Hall–Kier alpha value is -1.03. The molecule has 1 aromatic heterocycles. The summed E-state index contributed by atoms with van der Waals surface area (Å²) in [5, 5.41) is 0.553. The molecule has 0 unspecified atom stereocenters. The molecule has 0 saturated carbocycles. The van der Waals surface area contributed by atoms with Crippen LogP contribution in [0, 0.1) is 6.92 Å². The van der Waals surface area contributed by atoms with Gasteiger partial charge in [0.25, 0.3) is 0 Å². The number of hydrogen-bond acceptors (Lipinski definition) is 4. The number of ether oxygens (including phenoxy) is 1. The molecular formula is C7H9NO2S. The summed E-state index contributed by atoms with van der Waals surface area (Å²) in [6, 6.07) is 1.75. The molecule has 0 fully saturated rings. The maximum absolute atomic E-state index is 10.5. The molecule has 1 heterocycles. The first-order valence-electron chi connectivity index (χ1n) is 3.14. The van der Waals surface area contributed by atoms with Crippen molar-refractivity contribution in [3.05, 3.63) is 10.9 Å². The van der Waals surface area contributed by atoms with Crippen molar-refractivity contribution >= 4 is 22.3 Å². The van der Waals surface area contributed by atoms with Crippen molar-refractivity contribution in [2.24, 2.45) is 0 Å². The minimum atomic E-state index is -0.338. The summed E-state index contributed by atoms with van der Waals surface area (Å²) < 4.78 is 4.81. The topological polar surface area (TPSA) is 52.3 Å². The largest absolute Gasteiger partial charge is 0.424 e. The Labute approximate surface area is 68.8 Å². The number of carbonyl (C=O) groups excluding carboxylic acids is 1. The van der Waals surface area contributed by atoms with Crippen LogP contribution in [0.25, 0.3) is 0 Å². The first-order chi connectivity index (χ1) is 5.09. The molecule has 0 amide bonds. The van der Waals surface area contributed by atoms with Gasteiger partial charge in [0.15, 0.2) is 5.75 Å². The normalized spacial score (nSPS) is 9.64. The van der Waals surface area contributed by atoms with Crippen molar-refractivity contribution in [2.45, 2.75) is 13.8 Å². The Kier molecular flexibility index (Phi) is 2.14. The average molecular weight is 171 g/mol. The van der Waals surface area contributed by atoms with Crippen LogP contribution in [0.4, 0.5) is 5.00 Å². The van der Waals surface area contributed by atoms with Gasteiger partial charge < -0.3 is 10.5 Å². The lowest BCUT2D eigenvalue weighted by Gasteiger charge is -1.96. The van der Waals surface area contributed by atoms with Crippen LogP contribution in [-0.2, 0) is 4.79 Å². The summed E-state index contributed by atoms with van der Waals surface area (Å²) in [7, 11) is 0. The third kappa shape index (κ3) is 1.94. The highest BCUT2D eigenvalue weighted by molar-refractivity contribution is 7.16. The van der Waals surface area contributed by atoms with Crippen molar-refractivity contribution in [1.29, 1.82) is 0 Å². The molecule has 11 heavy (non-hydrogen) atoms. The smallest absolute Gasteiger partial charge is 0.308 e. The molecule has 3 nitrogen and oxygen atoms in total. The van der Waals surface area contributed by atoms with E-state index in [1.807, 2.05) is 6.92 Å². The van der Waals surface area contributed by atoms with E-state index < -0.39 is 0 Å². The Morgan fingerprint density at radius 2 is 2.36 bits per heavy atom. The standard InChI is InChI=1S/C7H9NO2S/c1-4-3-6(7(8)11-4)10-5(2)9/h3H,8H2,1-2H3. The van der Waals surface area contributed by atoms with E-state index in [9.17, 15) is 4.79 Å². The van der Waals surface area contributed by atoms with E-state index in [0.29, 0.717) is 10.8 Å². The number of esters is 1. The van der Waals surface area contributed by atoms with Gasteiger partial charge in [0.2, 0.25) is 0 Å². The number of nitrogens with two attached hydrogens (primary N) is 1. The molecule has 1 rings (SSSR count). The van der Waals surface area contributed by atoms with Crippen LogP contribution in [0.15, 0.2) is 6.07 Å². The minimum Gasteiger partial charge on any atom is -0.424 e. The fraction of sp³-hybridized carbons (Fsp3) is 0.286. The zero-order valence-corrected chi connectivity index (χ0v) is 7.20. The number of thiophene rings is 1. The Balaban J connectivity index is 2.85. The molecule has 1 aromatic rings. The number of carbonyl (C=O) groups is 1. The maximum atomic E-state index is 10.5. The van der Waals surface area contributed by atoms with Gasteiger partial charge in [-0.15, -0.1) is 11.3 Å². The van der Waals surface area contributed by atoms with Crippen molar-refractivity contribution in [3.8, 4) is 5.75 Å². The number of nitrogen functional groups attached to an aromatic ring is 1. The van der Waals surface area contributed by atoms with E-state index in [0.717, 1.165) is 4.88 Å². The molecule has 60 valence electrons.